The lowest BCUT2D eigenvalue weighted by molar-refractivity contribution is -0.143. The second-order valence-corrected chi connectivity index (χ2v) is 4.76. The Hall–Kier alpha value is -0.610. The average Bonchev–Trinajstić information content (AvgIpc) is 2.22. The minimum absolute atomic E-state index is 0.174. The average molecular weight is 230 g/mol. The first kappa shape index (κ1) is 15.4. The van der Waals surface area contributed by atoms with E-state index in [-0.39, 0.29) is 12.0 Å². The molecule has 0 aromatic heterocycles. The summed E-state index contributed by atoms with van der Waals surface area (Å²) in [5.74, 6) is 0.313. The molecule has 0 aliphatic rings. The molecule has 1 N–H and O–H groups in total. The van der Waals surface area contributed by atoms with E-state index in [1.165, 1.54) is 7.11 Å². The van der Waals surface area contributed by atoms with Crippen molar-refractivity contribution < 1.29 is 9.53 Å². The van der Waals surface area contributed by atoms with Gasteiger partial charge in [-0.3, -0.25) is 4.79 Å². The first-order valence-corrected chi connectivity index (χ1v) is 5.90. The van der Waals surface area contributed by atoms with E-state index in [0.717, 1.165) is 13.0 Å². The monoisotopic (exact) mass is 230 g/mol. The second kappa shape index (κ2) is 7.63. The predicted molar refractivity (Wildman–Crippen MR) is 66.4 cm³/mol. The number of nitrogens with one attached hydrogen (secondary N) is 1. The molecule has 0 aliphatic carbocycles. The van der Waals surface area contributed by atoms with Crippen molar-refractivity contribution in [2.24, 2.45) is 5.92 Å². The van der Waals surface area contributed by atoms with E-state index < -0.39 is 0 Å². The lowest BCUT2D eigenvalue weighted by atomic mass is 10.0. The second-order valence-electron chi connectivity index (χ2n) is 4.76. The third kappa shape index (κ3) is 5.47. The van der Waals surface area contributed by atoms with Crippen LogP contribution in [0.15, 0.2) is 0 Å². The van der Waals surface area contributed by atoms with Crippen LogP contribution >= 0.6 is 0 Å². The fourth-order valence-corrected chi connectivity index (χ4v) is 1.60. The topological polar surface area (TPSA) is 41.6 Å². The molecular formula is C12H26N2O2. The minimum atomic E-state index is -0.197. The molecule has 0 aromatic carbocycles. The Bertz CT molecular complexity index is 205. The molecule has 2 atom stereocenters. The maximum absolute atomic E-state index is 11.5. The molecule has 0 heterocycles. The normalized spacial score (nSPS) is 15.2. The summed E-state index contributed by atoms with van der Waals surface area (Å²) in [5.41, 5.74) is 0. The van der Waals surface area contributed by atoms with Crippen LogP contribution in [0.2, 0.25) is 0 Å². The van der Waals surface area contributed by atoms with Crippen LogP contribution in [0.3, 0.4) is 0 Å². The molecule has 0 aliphatic heterocycles. The van der Waals surface area contributed by atoms with Gasteiger partial charge in [0.05, 0.1) is 7.11 Å². The zero-order chi connectivity index (χ0) is 12.7. The number of nitrogens with zero attached hydrogens (tertiary/aromatic N) is 1. The van der Waals surface area contributed by atoms with Crippen molar-refractivity contribution in [1.82, 2.24) is 10.2 Å². The van der Waals surface area contributed by atoms with Crippen molar-refractivity contribution >= 4 is 5.97 Å². The first-order chi connectivity index (χ1) is 7.42. The van der Waals surface area contributed by atoms with Crippen molar-refractivity contribution in [3.63, 3.8) is 0 Å². The van der Waals surface area contributed by atoms with E-state index in [4.69, 9.17) is 4.74 Å². The summed E-state index contributed by atoms with van der Waals surface area (Å²) in [6.45, 7) is 7.23. The summed E-state index contributed by atoms with van der Waals surface area (Å²) in [6.07, 6.45) is 0.753. The summed E-state index contributed by atoms with van der Waals surface area (Å²) >= 11 is 0. The van der Waals surface area contributed by atoms with E-state index in [0.29, 0.717) is 12.0 Å². The standard InChI is InChI=1S/C12H26N2O2/c1-7-10(12(15)16-6)13-11(9(2)3)8-14(4)5/h9-11,13H,7-8H2,1-6H3. The number of hydrogen-bond acceptors (Lipinski definition) is 4. The Kier molecular flexibility index (Phi) is 7.34. The van der Waals surface area contributed by atoms with Gasteiger partial charge >= 0.3 is 5.97 Å². The summed E-state index contributed by atoms with van der Waals surface area (Å²) in [7, 11) is 5.51. The molecule has 16 heavy (non-hydrogen) atoms. The number of hydrogen-bond donors (Lipinski definition) is 1. The van der Waals surface area contributed by atoms with E-state index in [2.05, 4.69) is 24.1 Å². The molecule has 96 valence electrons. The maximum atomic E-state index is 11.5. The molecule has 4 nitrogen and oxygen atoms in total. The third-order valence-corrected chi connectivity index (χ3v) is 2.68. The van der Waals surface area contributed by atoms with Crippen LogP contribution in [-0.4, -0.2) is 50.7 Å². The van der Waals surface area contributed by atoms with Crippen LogP contribution in [0.5, 0.6) is 0 Å². The summed E-state index contributed by atoms with van der Waals surface area (Å²) in [6, 6.07) is 0.108. The van der Waals surface area contributed by atoms with E-state index in [1.54, 1.807) is 0 Å². The third-order valence-electron chi connectivity index (χ3n) is 2.68. The molecule has 0 saturated carbocycles. The van der Waals surface area contributed by atoms with Gasteiger partial charge in [0.15, 0.2) is 0 Å². The quantitative estimate of drug-likeness (QED) is 0.665. The maximum Gasteiger partial charge on any atom is 0.322 e. The van der Waals surface area contributed by atoms with E-state index in [1.807, 2.05) is 21.0 Å². The summed E-state index contributed by atoms with van der Waals surface area (Å²) in [4.78, 5) is 13.6. The molecule has 0 saturated heterocycles. The molecule has 4 heteroatoms. The van der Waals surface area contributed by atoms with E-state index >= 15 is 0 Å². The highest BCUT2D eigenvalue weighted by Gasteiger charge is 2.23. The minimum Gasteiger partial charge on any atom is -0.468 e. The Balaban J connectivity index is 4.40. The molecule has 0 radical (unpaired) electrons. The molecule has 0 fully saturated rings. The van der Waals surface area contributed by atoms with Crippen molar-refractivity contribution in [3.8, 4) is 0 Å². The zero-order valence-electron chi connectivity index (χ0n) is 11.4. The van der Waals surface area contributed by atoms with Gasteiger partial charge in [-0.2, -0.15) is 0 Å². The smallest absolute Gasteiger partial charge is 0.322 e. The molecule has 0 rings (SSSR count). The Labute approximate surface area is 99.3 Å². The lowest BCUT2D eigenvalue weighted by Gasteiger charge is -2.28. The Morgan fingerprint density at radius 1 is 1.38 bits per heavy atom. The van der Waals surface area contributed by atoms with Gasteiger partial charge in [-0.05, 0) is 26.4 Å². The Morgan fingerprint density at radius 3 is 2.25 bits per heavy atom. The molecule has 0 bridgehead atoms. The predicted octanol–water partition coefficient (Wildman–Crippen LogP) is 1.11. The fourth-order valence-electron chi connectivity index (χ4n) is 1.60. The van der Waals surface area contributed by atoms with Crippen molar-refractivity contribution in [2.75, 3.05) is 27.7 Å². The number of esters is 1. The van der Waals surface area contributed by atoms with Crippen molar-refractivity contribution in [2.45, 2.75) is 39.3 Å². The van der Waals surface area contributed by atoms with Gasteiger partial charge in [0, 0.05) is 12.6 Å². The largest absolute Gasteiger partial charge is 0.468 e. The van der Waals surface area contributed by atoms with Gasteiger partial charge in [-0.15, -0.1) is 0 Å². The highest BCUT2D eigenvalue weighted by atomic mass is 16.5. The van der Waals surface area contributed by atoms with Gasteiger partial charge < -0.3 is 15.0 Å². The van der Waals surface area contributed by atoms with Crippen LogP contribution in [0.4, 0.5) is 0 Å². The summed E-state index contributed by atoms with van der Waals surface area (Å²) < 4.78 is 4.77. The van der Waals surface area contributed by atoms with Gasteiger partial charge in [0.25, 0.3) is 0 Å². The molecule has 2 unspecified atom stereocenters. The summed E-state index contributed by atoms with van der Waals surface area (Å²) in [5, 5.41) is 3.37. The SMILES string of the molecule is CCC(NC(CN(C)C)C(C)C)C(=O)OC. The molecule has 0 spiro atoms. The van der Waals surface area contributed by atoms with Gasteiger partial charge in [-0.25, -0.2) is 0 Å². The lowest BCUT2D eigenvalue weighted by Crippen LogP contribution is -2.50. The van der Waals surface area contributed by atoms with Crippen LogP contribution < -0.4 is 5.32 Å². The zero-order valence-corrected chi connectivity index (χ0v) is 11.4. The fraction of sp³-hybridized carbons (Fsp3) is 0.917. The van der Waals surface area contributed by atoms with Gasteiger partial charge in [-0.1, -0.05) is 20.8 Å². The van der Waals surface area contributed by atoms with Crippen molar-refractivity contribution in [1.29, 1.82) is 0 Å². The molecule has 0 amide bonds. The van der Waals surface area contributed by atoms with Crippen LogP contribution in [0.25, 0.3) is 0 Å². The molecule has 0 aromatic rings. The highest BCUT2D eigenvalue weighted by Crippen LogP contribution is 2.06. The number of rotatable bonds is 7. The van der Waals surface area contributed by atoms with Crippen molar-refractivity contribution in [3.05, 3.63) is 0 Å². The first-order valence-electron chi connectivity index (χ1n) is 5.90. The Morgan fingerprint density at radius 2 is 1.94 bits per heavy atom. The highest BCUT2D eigenvalue weighted by molar-refractivity contribution is 5.75. The van der Waals surface area contributed by atoms with Crippen LogP contribution in [0, 0.1) is 5.92 Å². The van der Waals surface area contributed by atoms with Crippen LogP contribution in [0.1, 0.15) is 27.2 Å². The number of ether oxygens (including phenoxy) is 1. The van der Waals surface area contributed by atoms with E-state index in [9.17, 15) is 4.79 Å². The van der Waals surface area contributed by atoms with Gasteiger partial charge in [0.2, 0.25) is 0 Å². The number of carbonyl (C=O) groups is 1. The number of methoxy groups -OCH3 is 1. The number of likely N-dealkylation sites (N-methyl/N-ethyl adjacent to an activating group) is 1. The number of carbonyl (C=O) groups excluding carboxylic acids is 1. The molecular weight excluding hydrogens is 204 g/mol. The van der Waals surface area contributed by atoms with Gasteiger partial charge in [0.1, 0.15) is 6.04 Å². The van der Waals surface area contributed by atoms with Crippen LogP contribution in [-0.2, 0) is 9.53 Å².